The van der Waals surface area contributed by atoms with E-state index < -0.39 is 18.0 Å². The van der Waals surface area contributed by atoms with Crippen LogP contribution in [0.5, 0.6) is 0 Å². The Hall–Kier alpha value is -3.48. The number of aromatic nitrogens is 2. The number of aryl methyl sites for hydroxylation is 1. The van der Waals surface area contributed by atoms with Crippen LogP contribution in [-0.4, -0.2) is 27.8 Å². The molecule has 0 bridgehead atoms. The van der Waals surface area contributed by atoms with Crippen molar-refractivity contribution >= 4 is 11.9 Å². The van der Waals surface area contributed by atoms with Crippen LogP contribution in [0.4, 0.5) is 4.39 Å². The minimum Gasteiger partial charge on any atom is -0.453 e. The molecule has 1 aromatic heterocycles. The van der Waals surface area contributed by atoms with Crippen molar-refractivity contribution in [2.24, 2.45) is 0 Å². The van der Waals surface area contributed by atoms with Crippen molar-refractivity contribution in [2.45, 2.75) is 46.3 Å². The third kappa shape index (κ3) is 5.78. The summed E-state index contributed by atoms with van der Waals surface area (Å²) in [4.78, 5) is 24.5. The number of ether oxygens (including phenoxy) is 1. The van der Waals surface area contributed by atoms with Gasteiger partial charge >= 0.3 is 5.97 Å². The number of para-hydroxylation sites is 1. The van der Waals surface area contributed by atoms with Gasteiger partial charge in [-0.25, -0.2) is 9.07 Å². The molecular formula is C24H26FN3O3. The van der Waals surface area contributed by atoms with Gasteiger partial charge in [0.1, 0.15) is 5.82 Å². The van der Waals surface area contributed by atoms with Crippen LogP contribution >= 0.6 is 0 Å². The number of amides is 1. The van der Waals surface area contributed by atoms with Gasteiger partial charge in [0.25, 0.3) is 5.91 Å². The van der Waals surface area contributed by atoms with E-state index in [1.807, 2.05) is 48.9 Å². The van der Waals surface area contributed by atoms with Gasteiger partial charge in [-0.15, -0.1) is 0 Å². The molecule has 7 heteroatoms. The van der Waals surface area contributed by atoms with Crippen LogP contribution in [0, 0.1) is 19.7 Å². The zero-order valence-corrected chi connectivity index (χ0v) is 17.9. The summed E-state index contributed by atoms with van der Waals surface area (Å²) in [7, 11) is 0. The molecule has 2 aromatic carbocycles. The van der Waals surface area contributed by atoms with Gasteiger partial charge in [-0.3, -0.25) is 9.59 Å². The van der Waals surface area contributed by atoms with Crippen LogP contribution in [0.2, 0.25) is 0 Å². The van der Waals surface area contributed by atoms with E-state index in [-0.39, 0.29) is 18.8 Å². The van der Waals surface area contributed by atoms with Gasteiger partial charge in [0.2, 0.25) is 0 Å². The zero-order chi connectivity index (χ0) is 22.4. The second kappa shape index (κ2) is 10.0. The summed E-state index contributed by atoms with van der Waals surface area (Å²) < 4.78 is 20.1. The monoisotopic (exact) mass is 423 g/mol. The first-order chi connectivity index (χ1) is 14.8. The van der Waals surface area contributed by atoms with Crippen LogP contribution in [0.3, 0.4) is 0 Å². The lowest BCUT2D eigenvalue weighted by Gasteiger charge is -2.13. The summed E-state index contributed by atoms with van der Waals surface area (Å²) >= 11 is 0. The minimum absolute atomic E-state index is 0.151. The number of hydrogen-bond donors (Lipinski definition) is 1. The van der Waals surface area contributed by atoms with Gasteiger partial charge in [-0.1, -0.05) is 30.3 Å². The van der Waals surface area contributed by atoms with Gasteiger partial charge in [0.05, 0.1) is 11.4 Å². The third-order valence-electron chi connectivity index (χ3n) is 5.08. The van der Waals surface area contributed by atoms with Crippen molar-refractivity contribution in [2.75, 3.05) is 0 Å². The average Bonchev–Trinajstić information content (AvgIpc) is 3.05. The number of halogens is 1. The van der Waals surface area contributed by atoms with E-state index in [1.165, 1.54) is 19.1 Å². The first-order valence-corrected chi connectivity index (χ1v) is 10.2. The third-order valence-corrected chi connectivity index (χ3v) is 5.08. The molecule has 0 unspecified atom stereocenters. The Morgan fingerprint density at radius 2 is 1.77 bits per heavy atom. The summed E-state index contributed by atoms with van der Waals surface area (Å²) in [5.41, 5.74) is 4.55. The number of nitrogens with zero attached hydrogens (tertiary/aromatic N) is 2. The minimum atomic E-state index is -0.915. The molecule has 1 atom stereocenters. The van der Waals surface area contributed by atoms with Gasteiger partial charge in [0, 0.05) is 18.7 Å². The number of nitrogens with one attached hydrogen (secondary N) is 1. The van der Waals surface area contributed by atoms with Crippen molar-refractivity contribution in [1.29, 1.82) is 0 Å². The van der Waals surface area contributed by atoms with Gasteiger partial charge in [0.15, 0.2) is 6.10 Å². The Morgan fingerprint density at radius 3 is 2.45 bits per heavy atom. The topological polar surface area (TPSA) is 73.2 Å². The molecule has 6 nitrogen and oxygen atoms in total. The van der Waals surface area contributed by atoms with Gasteiger partial charge < -0.3 is 10.1 Å². The largest absolute Gasteiger partial charge is 0.453 e. The normalized spacial score (nSPS) is 11.7. The first-order valence-electron chi connectivity index (χ1n) is 10.2. The number of benzene rings is 2. The molecule has 0 fully saturated rings. The molecule has 0 aliphatic rings. The van der Waals surface area contributed by atoms with Crippen LogP contribution in [0.15, 0.2) is 54.6 Å². The maximum absolute atomic E-state index is 12.9. The predicted molar refractivity (Wildman–Crippen MR) is 115 cm³/mol. The molecule has 162 valence electrons. The van der Waals surface area contributed by atoms with Crippen LogP contribution in [0.25, 0.3) is 5.69 Å². The van der Waals surface area contributed by atoms with Crippen molar-refractivity contribution in [1.82, 2.24) is 15.1 Å². The summed E-state index contributed by atoms with van der Waals surface area (Å²) in [5, 5.41) is 7.27. The molecule has 0 aliphatic carbocycles. The fraction of sp³-hybridized carbons (Fsp3) is 0.292. The van der Waals surface area contributed by atoms with Crippen LogP contribution in [-0.2, 0) is 27.3 Å². The zero-order valence-electron chi connectivity index (χ0n) is 17.9. The van der Waals surface area contributed by atoms with E-state index >= 15 is 0 Å². The van der Waals surface area contributed by atoms with Gasteiger partial charge in [-0.2, -0.15) is 5.10 Å². The smallest absolute Gasteiger partial charge is 0.306 e. The predicted octanol–water partition coefficient (Wildman–Crippen LogP) is 3.81. The summed E-state index contributed by atoms with van der Waals surface area (Å²) in [5.74, 6) is -1.19. The second-order valence-corrected chi connectivity index (χ2v) is 7.37. The molecule has 1 N–H and O–H groups in total. The molecule has 0 radical (unpaired) electrons. The van der Waals surface area contributed by atoms with Crippen molar-refractivity contribution in [3.63, 3.8) is 0 Å². The molecule has 1 amide bonds. The molecule has 3 aromatic rings. The number of esters is 1. The Kier molecular flexibility index (Phi) is 7.18. The number of carbonyl (C=O) groups excluding carboxylic acids is 2. The molecule has 0 spiro atoms. The maximum Gasteiger partial charge on any atom is 0.306 e. The molecule has 0 aliphatic heterocycles. The van der Waals surface area contributed by atoms with Crippen molar-refractivity contribution in [3.8, 4) is 5.69 Å². The maximum atomic E-state index is 12.9. The van der Waals surface area contributed by atoms with E-state index in [0.29, 0.717) is 6.42 Å². The van der Waals surface area contributed by atoms with E-state index in [0.717, 1.165) is 28.2 Å². The lowest BCUT2D eigenvalue weighted by molar-refractivity contribution is -0.154. The van der Waals surface area contributed by atoms with E-state index in [2.05, 4.69) is 10.4 Å². The van der Waals surface area contributed by atoms with Gasteiger partial charge in [-0.05, 0) is 62.6 Å². The highest BCUT2D eigenvalue weighted by Crippen LogP contribution is 2.19. The molecule has 0 saturated heterocycles. The highest BCUT2D eigenvalue weighted by Gasteiger charge is 2.19. The highest BCUT2D eigenvalue weighted by atomic mass is 19.1. The molecular weight excluding hydrogens is 397 g/mol. The lowest BCUT2D eigenvalue weighted by atomic mass is 10.1. The summed E-state index contributed by atoms with van der Waals surface area (Å²) in [6, 6.07) is 15.6. The fourth-order valence-electron chi connectivity index (χ4n) is 3.33. The first kappa shape index (κ1) is 22.2. The number of carbonyl (C=O) groups is 2. The van der Waals surface area contributed by atoms with E-state index in [4.69, 9.17) is 4.74 Å². The highest BCUT2D eigenvalue weighted by molar-refractivity contribution is 5.83. The number of rotatable bonds is 8. The second-order valence-electron chi connectivity index (χ2n) is 7.37. The molecule has 31 heavy (non-hydrogen) atoms. The van der Waals surface area contributed by atoms with Crippen LogP contribution < -0.4 is 5.32 Å². The Balaban J connectivity index is 1.51. The lowest BCUT2D eigenvalue weighted by Crippen LogP contribution is -2.35. The average molecular weight is 423 g/mol. The number of hydrogen-bond acceptors (Lipinski definition) is 4. The van der Waals surface area contributed by atoms with Crippen molar-refractivity contribution < 1.29 is 18.7 Å². The van der Waals surface area contributed by atoms with E-state index in [9.17, 15) is 14.0 Å². The summed E-state index contributed by atoms with van der Waals surface area (Å²) in [6.07, 6.45) is -0.285. The molecule has 1 heterocycles. The molecule has 3 rings (SSSR count). The Labute approximate surface area is 181 Å². The fourth-order valence-corrected chi connectivity index (χ4v) is 3.33. The van der Waals surface area contributed by atoms with Crippen LogP contribution in [0.1, 0.15) is 35.9 Å². The Morgan fingerprint density at radius 1 is 1.10 bits per heavy atom. The Bertz CT molecular complexity index is 1050. The SMILES string of the molecule is Cc1nn(-c2ccccc2)c(C)c1CCC(=O)O[C@H](C)C(=O)NCc1ccc(F)cc1. The quantitative estimate of drug-likeness (QED) is 0.559. The summed E-state index contributed by atoms with van der Waals surface area (Å²) in [6.45, 7) is 5.65. The van der Waals surface area contributed by atoms with Crippen molar-refractivity contribution in [3.05, 3.63) is 82.9 Å². The molecule has 0 saturated carbocycles. The van der Waals surface area contributed by atoms with E-state index in [1.54, 1.807) is 12.1 Å². The standard InChI is InChI=1S/C24H26FN3O3/c1-16-22(17(2)28(27-16)21-7-5-4-6-8-21)13-14-23(29)31-18(3)24(30)26-15-19-9-11-20(25)12-10-19/h4-12,18H,13-15H2,1-3H3,(H,26,30)/t18-/m1/s1.